The average Bonchev–Trinajstić information content (AvgIpc) is 3.18. The van der Waals surface area contributed by atoms with Crippen molar-refractivity contribution in [3.05, 3.63) is 30.6 Å². The van der Waals surface area contributed by atoms with Gasteiger partial charge in [-0.25, -0.2) is 15.0 Å². The second kappa shape index (κ2) is 7.57. The van der Waals surface area contributed by atoms with Crippen LogP contribution in [0.4, 0.5) is 17.5 Å². The van der Waals surface area contributed by atoms with Crippen molar-refractivity contribution in [2.75, 3.05) is 24.5 Å². The molecular weight excluding hydrogens is 418 g/mol. The molecule has 162 valence electrons. The third-order valence-electron chi connectivity index (χ3n) is 5.96. The Kier molecular flexibility index (Phi) is 4.86. The lowest BCUT2D eigenvalue weighted by atomic mass is 9.80. The lowest BCUT2D eigenvalue weighted by molar-refractivity contribution is 0.222. The van der Waals surface area contributed by atoms with Gasteiger partial charge in [-0.1, -0.05) is 19.3 Å². The predicted octanol–water partition coefficient (Wildman–Crippen LogP) is 2.88. The SMILES string of the molecule is COC1=NN(C)c2cc3cnc(Nc4ccc(S(=O)[O-])nc4)nc3n2C12CCCCC2. The first-order valence-electron chi connectivity index (χ1n) is 10.1. The third kappa shape index (κ3) is 3.24. The van der Waals surface area contributed by atoms with E-state index in [4.69, 9.17) is 14.8 Å². The quantitative estimate of drug-likeness (QED) is 0.617. The number of hydrazone groups is 1. The highest BCUT2D eigenvalue weighted by Crippen LogP contribution is 2.45. The van der Waals surface area contributed by atoms with E-state index in [2.05, 4.69) is 19.9 Å². The first-order valence-corrected chi connectivity index (χ1v) is 11.2. The molecule has 11 heteroatoms. The van der Waals surface area contributed by atoms with Gasteiger partial charge >= 0.3 is 0 Å². The van der Waals surface area contributed by atoms with E-state index in [-0.39, 0.29) is 10.6 Å². The van der Waals surface area contributed by atoms with Crippen LogP contribution in [-0.4, -0.2) is 48.3 Å². The Bertz CT molecular complexity index is 1190. The number of hydrogen-bond acceptors (Lipinski definition) is 9. The van der Waals surface area contributed by atoms with Gasteiger partial charge in [-0.3, -0.25) is 8.78 Å². The number of ether oxygens (including phenoxy) is 1. The van der Waals surface area contributed by atoms with Crippen LogP contribution >= 0.6 is 0 Å². The smallest absolute Gasteiger partial charge is 0.232 e. The Morgan fingerprint density at radius 1 is 1.19 bits per heavy atom. The van der Waals surface area contributed by atoms with Gasteiger partial charge in [-0.15, -0.1) is 5.10 Å². The topological polar surface area (TPSA) is 121 Å². The zero-order chi connectivity index (χ0) is 21.6. The van der Waals surface area contributed by atoms with Crippen molar-refractivity contribution in [3.8, 4) is 0 Å². The summed E-state index contributed by atoms with van der Waals surface area (Å²) < 4.78 is 30.0. The normalized spacial score (nSPS) is 18.5. The second-order valence-electron chi connectivity index (χ2n) is 7.78. The van der Waals surface area contributed by atoms with Gasteiger partial charge in [0.25, 0.3) is 0 Å². The molecule has 0 radical (unpaired) electrons. The van der Waals surface area contributed by atoms with Gasteiger partial charge in [0.1, 0.15) is 22.0 Å². The van der Waals surface area contributed by atoms with Crippen molar-refractivity contribution in [1.29, 1.82) is 0 Å². The highest BCUT2D eigenvalue weighted by molar-refractivity contribution is 7.79. The standard InChI is InChI=1S/C20H23N7O3S/c1-26-16-10-13-11-22-19(23-14-6-7-15(21-12-14)31(28)29)24-17(13)27(16)20(18(25-26)30-2)8-4-3-5-9-20/h6-7,10-12H,3-5,8-9H2,1-2H3,(H,28,29)(H,22,23,24)/p-1. The Balaban J connectivity index is 1.59. The summed E-state index contributed by atoms with van der Waals surface area (Å²) in [5.74, 6) is 2.06. The number of nitrogens with one attached hydrogen (secondary N) is 1. The van der Waals surface area contributed by atoms with Crippen LogP contribution in [0.5, 0.6) is 0 Å². The van der Waals surface area contributed by atoms with Gasteiger partial charge in [-0.05, 0) is 42.1 Å². The van der Waals surface area contributed by atoms with Crippen molar-refractivity contribution in [1.82, 2.24) is 19.5 Å². The predicted molar refractivity (Wildman–Crippen MR) is 116 cm³/mol. The van der Waals surface area contributed by atoms with E-state index < -0.39 is 11.1 Å². The maximum absolute atomic E-state index is 11.0. The zero-order valence-corrected chi connectivity index (χ0v) is 18.1. The summed E-state index contributed by atoms with van der Waals surface area (Å²) in [7, 11) is 3.58. The molecule has 1 spiro atoms. The Labute approximate surface area is 181 Å². The van der Waals surface area contributed by atoms with Crippen LogP contribution in [0, 0.1) is 0 Å². The Morgan fingerprint density at radius 3 is 2.68 bits per heavy atom. The molecule has 1 aliphatic carbocycles. The number of nitrogens with zero attached hydrogens (tertiary/aromatic N) is 6. The molecule has 5 rings (SSSR count). The van der Waals surface area contributed by atoms with Gasteiger partial charge < -0.3 is 14.6 Å². The number of fused-ring (bicyclic) bond motifs is 4. The van der Waals surface area contributed by atoms with Gasteiger partial charge in [-0.2, -0.15) is 4.98 Å². The summed E-state index contributed by atoms with van der Waals surface area (Å²) in [4.78, 5) is 13.2. The molecule has 0 aromatic carbocycles. The van der Waals surface area contributed by atoms with E-state index in [0.29, 0.717) is 17.5 Å². The van der Waals surface area contributed by atoms with Gasteiger partial charge in [0, 0.05) is 18.6 Å². The number of aromatic nitrogens is 4. The number of methoxy groups -OCH3 is 1. The number of pyridine rings is 1. The molecule has 0 saturated heterocycles. The monoisotopic (exact) mass is 440 g/mol. The first-order chi connectivity index (χ1) is 15.0. The fourth-order valence-electron chi connectivity index (χ4n) is 4.56. The second-order valence-corrected chi connectivity index (χ2v) is 8.67. The highest BCUT2D eigenvalue weighted by atomic mass is 32.2. The molecule has 1 fully saturated rings. The Morgan fingerprint density at radius 2 is 2.00 bits per heavy atom. The van der Waals surface area contributed by atoms with E-state index in [0.717, 1.165) is 42.5 Å². The maximum atomic E-state index is 11.0. The lowest BCUT2D eigenvalue weighted by Crippen LogP contribution is -2.49. The molecule has 3 aromatic rings. The molecule has 10 nitrogen and oxygen atoms in total. The summed E-state index contributed by atoms with van der Waals surface area (Å²) in [6.45, 7) is 0. The summed E-state index contributed by atoms with van der Waals surface area (Å²) in [5.41, 5.74) is 1.04. The van der Waals surface area contributed by atoms with Crippen LogP contribution in [0.3, 0.4) is 0 Å². The van der Waals surface area contributed by atoms with E-state index in [1.807, 2.05) is 18.1 Å². The van der Waals surface area contributed by atoms with Gasteiger partial charge in [0.2, 0.25) is 11.8 Å². The van der Waals surface area contributed by atoms with Crippen molar-refractivity contribution in [3.63, 3.8) is 0 Å². The molecule has 1 aliphatic heterocycles. The summed E-state index contributed by atoms with van der Waals surface area (Å²) in [6, 6.07) is 5.10. The molecular formula is C20H22N7O3S-. The van der Waals surface area contributed by atoms with Crippen LogP contribution in [0.2, 0.25) is 0 Å². The van der Waals surface area contributed by atoms with Gasteiger partial charge in [0.15, 0.2) is 0 Å². The summed E-state index contributed by atoms with van der Waals surface area (Å²) in [5, 5.41) is 10.5. The minimum atomic E-state index is -2.36. The molecule has 1 unspecified atom stereocenters. The van der Waals surface area contributed by atoms with E-state index >= 15 is 0 Å². The van der Waals surface area contributed by atoms with Crippen LogP contribution in [0.15, 0.2) is 40.7 Å². The van der Waals surface area contributed by atoms with E-state index in [1.54, 1.807) is 19.4 Å². The minimum Gasteiger partial charge on any atom is -0.767 e. The summed E-state index contributed by atoms with van der Waals surface area (Å²) in [6.07, 6.45) is 8.49. The number of hydrogen-bond donors (Lipinski definition) is 1. The molecule has 1 saturated carbocycles. The van der Waals surface area contributed by atoms with Crippen LogP contribution in [0.1, 0.15) is 32.1 Å². The summed E-state index contributed by atoms with van der Waals surface area (Å²) >= 11 is -2.36. The van der Waals surface area contributed by atoms with E-state index in [9.17, 15) is 8.76 Å². The molecule has 1 N–H and O–H groups in total. The van der Waals surface area contributed by atoms with Crippen LogP contribution in [-0.2, 0) is 21.4 Å². The van der Waals surface area contributed by atoms with Crippen molar-refractivity contribution in [2.45, 2.75) is 42.7 Å². The lowest BCUT2D eigenvalue weighted by Gasteiger charge is -2.43. The van der Waals surface area contributed by atoms with Crippen molar-refractivity contribution >= 4 is 45.5 Å². The molecule has 2 aliphatic rings. The van der Waals surface area contributed by atoms with Gasteiger partial charge in [0.05, 0.1) is 19.0 Å². The molecule has 0 amide bonds. The zero-order valence-electron chi connectivity index (χ0n) is 17.2. The fourth-order valence-corrected chi connectivity index (χ4v) is 4.88. The van der Waals surface area contributed by atoms with Crippen molar-refractivity contribution in [2.24, 2.45) is 5.10 Å². The largest absolute Gasteiger partial charge is 0.767 e. The Hall–Kier alpha value is -3.05. The first kappa shape index (κ1) is 19.9. The number of rotatable bonds is 3. The molecule has 4 heterocycles. The highest BCUT2D eigenvalue weighted by Gasteiger charge is 2.46. The maximum Gasteiger partial charge on any atom is 0.232 e. The number of anilines is 3. The minimum absolute atomic E-state index is 0.0174. The van der Waals surface area contributed by atoms with E-state index in [1.165, 1.54) is 18.7 Å². The molecule has 0 bridgehead atoms. The third-order valence-corrected chi connectivity index (χ3v) is 6.54. The molecule has 1 atom stereocenters. The van der Waals surface area contributed by atoms with Crippen LogP contribution in [0.25, 0.3) is 11.0 Å². The van der Waals surface area contributed by atoms with Crippen LogP contribution < -0.4 is 10.3 Å². The average molecular weight is 441 g/mol. The van der Waals surface area contributed by atoms with Crippen molar-refractivity contribution < 1.29 is 13.5 Å². The molecule has 31 heavy (non-hydrogen) atoms. The molecule has 3 aromatic heterocycles. The fraction of sp³-hybridized carbons (Fsp3) is 0.400.